The summed E-state index contributed by atoms with van der Waals surface area (Å²) >= 11 is 0. The highest BCUT2D eigenvalue weighted by Gasteiger charge is 2.18. The fourth-order valence-electron chi connectivity index (χ4n) is 2.25. The molecule has 2 rings (SSSR count). The number of hydrogen-bond donors (Lipinski definition) is 1. The van der Waals surface area contributed by atoms with Crippen LogP contribution in [0, 0.1) is 0 Å². The smallest absolute Gasteiger partial charge is 0.387 e. The van der Waals surface area contributed by atoms with Crippen LogP contribution in [0.1, 0.15) is 31.3 Å². The minimum Gasteiger partial charge on any atom is -0.435 e. The molecule has 0 amide bonds. The number of ether oxygens (including phenoxy) is 1. The van der Waals surface area contributed by atoms with Crippen molar-refractivity contribution >= 4 is 0 Å². The van der Waals surface area contributed by atoms with Crippen LogP contribution in [-0.4, -0.2) is 22.7 Å². The van der Waals surface area contributed by atoms with E-state index in [4.69, 9.17) is 0 Å². The molecule has 0 radical (unpaired) electrons. The van der Waals surface area contributed by atoms with E-state index in [9.17, 15) is 8.78 Å². The maximum Gasteiger partial charge on any atom is 0.387 e. The third-order valence-electron chi connectivity index (χ3n) is 3.19. The van der Waals surface area contributed by atoms with E-state index in [0.29, 0.717) is 0 Å². The van der Waals surface area contributed by atoms with Crippen molar-refractivity contribution in [2.24, 2.45) is 0 Å². The van der Waals surface area contributed by atoms with Gasteiger partial charge in [-0.15, -0.1) is 0 Å². The fraction of sp³-hybridized carbons (Fsp3) is 0.400. The number of imidazole rings is 1. The van der Waals surface area contributed by atoms with Gasteiger partial charge in [-0.1, -0.05) is 19.1 Å². The van der Waals surface area contributed by atoms with Crippen molar-refractivity contribution in [1.82, 2.24) is 14.9 Å². The Balaban J connectivity index is 2.26. The highest BCUT2D eigenvalue weighted by atomic mass is 19.3. The average Bonchev–Trinajstić information content (AvgIpc) is 2.93. The monoisotopic (exact) mass is 295 g/mol. The second kappa shape index (κ2) is 7.17. The zero-order chi connectivity index (χ0) is 15.2. The Kier molecular flexibility index (Phi) is 5.27. The van der Waals surface area contributed by atoms with Gasteiger partial charge in [-0.3, -0.25) is 0 Å². The average molecular weight is 295 g/mol. The molecule has 4 nitrogen and oxygen atoms in total. The number of nitrogens with zero attached hydrogens (tertiary/aromatic N) is 2. The van der Waals surface area contributed by atoms with Gasteiger partial charge >= 0.3 is 6.61 Å². The van der Waals surface area contributed by atoms with Crippen molar-refractivity contribution in [3.8, 4) is 5.75 Å². The largest absolute Gasteiger partial charge is 0.435 e. The number of alkyl halides is 2. The van der Waals surface area contributed by atoms with Gasteiger partial charge in [-0.2, -0.15) is 8.78 Å². The van der Waals surface area contributed by atoms with Crippen LogP contribution in [-0.2, 0) is 6.54 Å². The molecule has 0 aliphatic carbocycles. The molecule has 6 heteroatoms. The van der Waals surface area contributed by atoms with Gasteiger partial charge in [0.05, 0.1) is 6.04 Å². The summed E-state index contributed by atoms with van der Waals surface area (Å²) < 4.78 is 30.8. The number of aromatic nitrogens is 2. The molecule has 1 N–H and O–H groups in total. The topological polar surface area (TPSA) is 39.1 Å². The third-order valence-corrected chi connectivity index (χ3v) is 3.19. The molecule has 0 aliphatic heterocycles. The van der Waals surface area contributed by atoms with Gasteiger partial charge in [0.15, 0.2) is 0 Å². The molecule has 1 unspecified atom stereocenters. The van der Waals surface area contributed by atoms with Gasteiger partial charge in [-0.25, -0.2) is 4.98 Å². The lowest BCUT2D eigenvalue weighted by Gasteiger charge is -2.19. The molecule has 1 atom stereocenters. The van der Waals surface area contributed by atoms with Crippen LogP contribution in [0.25, 0.3) is 0 Å². The van der Waals surface area contributed by atoms with Crippen molar-refractivity contribution in [1.29, 1.82) is 0 Å². The second-order valence-corrected chi connectivity index (χ2v) is 4.51. The van der Waals surface area contributed by atoms with Crippen molar-refractivity contribution in [2.45, 2.75) is 33.0 Å². The van der Waals surface area contributed by atoms with E-state index in [1.807, 2.05) is 20.0 Å². The lowest BCUT2D eigenvalue weighted by atomic mass is 10.1. The van der Waals surface area contributed by atoms with E-state index in [2.05, 4.69) is 19.6 Å². The summed E-state index contributed by atoms with van der Waals surface area (Å²) in [4.78, 5) is 4.40. The maximum absolute atomic E-state index is 12.2. The quantitative estimate of drug-likeness (QED) is 0.852. The first-order chi connectivity index (χ1) is 10.2. The van der Waals surface area contributed by atoms with Crippen molar-refractivity contribution in [3.63, 3.8) is 0 Å². The highest BCUT2D eigenvalue weighted by molar-refractivity contribution is 5.32. The predicted octanol–water partition coefficient (Wildman–Crippen LogP) is 3.20. The van der Waals surface area contributed by atoms with Crippen molar-refractivity contribution in [2.75, 3.05) is 6.54 Å². The number of benzene rings is 1. The van der Waals surface area contributed by atoms with Crippen LogP contribution in [0.5, 0.6) is 5.75 Å². The van der Waals surface area contributed by atoms with Gasteiger partial charge in [-0.05, 0) is 31.2 Å². The number of hydrogen-bond acceptors (Lipinski definition) is 3. The molecule has 0 saturated carbocycles. The number of rotatable bonds is 7. The summed E-state index contributed by atoms with van der Waals surface area (Å²) in [5.74, 6) is 1.06. The summed E-state index contributed by atoms with van der Waals surface area (Å²) in [6, 6.07) is 6.57. The van der Waals surface area contributed by atoms with Crippen molar-refractivity contribution < 1.29 is 13.5 Å². The Morgan fingerprint density at radius 3 is 2.52 bits per heavy atom. The zero-order valence-electron chi connectivity index (χ0n) is 12.1. The fourth-order valence-corrected chi connectivity index (χ4v) is 2.25. The lowest BCUT2D eigenvalue weighted by Crippen LogP contribution is -2.25. The molecule has 1 heterocycles. The van der Waals surface area contributed by atoms with E-state index in [0.717, 1.165) is 24.5 Å². The van der Waals surface area contributed by atoms with E-state index < -0.39 is 6.61 Å². The van der Waals surface area contributed by atoms with Crippen LogP contribution in [0.15, 0.2) is 36.7 Å². The lowest BCUT2D eigenvalue weighted by molar-refractivity contribution is -0.0498. The molecule has 0 fully saturated rings. The molecule has 21 heavy (non-hydrogen) atoms. The standard InChI is InChI=1S/C15H19F2N3O/c1-3-18-13(14-19-9-10-20(14)4-2)11-5-7-12(8-6-11)21-15(16)17/h5-10,13,15,18H,3-4H2,1-2H3. The Labute approximate surface area is 122 Å². The molecular weight excluding hydrogens is 276 g/mol. The van der Waals surface area contributed by atoms with E-state index in [1.165, 1.54) is 0 Å². The molecule has 0 aliphatic rings. The predicted molar refractivity (Wildman–Crippen MR) is 76.5 cm³/mol. The molecule has 1 aromatic carbocycles. The summed E-state index contributed by atoms with van der Waals surface area (Å²) in [6.07, 6.45) is 3.69. The third kappa shape index (κ3) is 3.78. The Morgan fingerprint density at radius 2 is 1.95 bits per heavy atom. The van der Waals surface area contributed by atoms with Crippen LogP contribution in [0.3, 0.4) is 0 Å². The van der Waals surface area contributed by atoms with Gasteiger partial charge in [0, 0.05) is 18.9 Å². The van der Waals surface area contributed by atoms with Crippen LogP contribution in [0.2, 0.25) is 0 Å². The summed E-state index contributed by atoms with van der Waals surface area (Å²) in [6.45, 7) is 2.86. The first-order valence-corrected chi connectivity index (χ1v) is 6.94. The number of aryl methyl sites for hydroxylation is 1. The minimum absolute atomic E-state index is 0.0782. The van der Waals surface area contributed by atoms with Gasteiger partial charge in [0.2, 0.25) is 0 Å². The minimum atomic E-state index is -2.81. The first-order valence-electron chi connectivity index (χ1n) is 6.94. The Hall–Kier alpha value is -1.95. The zero-order valence-corrected chi connectivity index (χ0v) is 12.1. The maximum atomic E-state index is 12.2. The van der Waals surface area contributed by atoms with Crippen molar-refractivity contribution in [3.05, 3.63) is 48.0 Å². The van der Waals surface area contributed by atoms with Crippen LogP contribution < -0.4 is 10.1 Å². The first kappa shape index (κ1) is 15.4. The number of halogens is 2. The molecule has 2 aromatic rings. The van der Waals surface area contributed by atoms with Crippen LogP contribution in [0.4, 0.5) is 8.78 Å². The second-order valence-electron chi connectivity index (χ2n) is 4.51. The van der Waals surface area contributed by atoms with E-state index in [1.54, 1.807) is 30.5 Å². The molecular formula is C15H19F2N3O. The normalized spacial score (nSPS) is 12.6. The summed E-state index contributed by atoms with van der Waals surface area (Å²) in [5.41, 5.74) is 0.958. The molecule has 0 bridgehead atoms. The van der Waals surface area contributed by atoms with Gasteiger partial charge in [0.25, 0.3) is 0 Å². The SMILES string of the molecule is CCNC(c1ccc(OC(F)F)cc1)c1nccn1CC. The molecule has 0 saturated heterocycles. The Morgan fingerprint density at radius 1 is 1.24 bits per heavy atom. The van der Waals surface area contributed by atoms with E-state index in [-0.39, 0.29) is 11.8 Å². The Bertz CT molecular complexity index is 554. The molecule has 114 valence electrons. The van der Waals surface area contributed by atoms with Crippen LogP contribution >= 0.6 is 0 Å². The van der Waals surface area contributed by atoms with Gasteiger partial charge < -0.3 is 14.6 Å². The number of nitrogens with one attached hydrogen (secondary N) is 1. The summed E-state index contributed by atoms with van der Waals surface area (Å²) in [5, 5.41) is 3.36. The highest BCUT2D eigenvalue weighted by Crippen LogP contribution is 2.24. The summed E-state index contributed by atoms with van der Waals surface area (Å²) in [7, 11) is 0. The molecule has 1 aromatic heterocycles. The van der Waals surface area contributed by atoms with Gasteiger partial charge in [0.1, 0.15) is 11.6 Å². The van der Waals surface area contributed by atoms with E-state index >= 15 is 0 Å². The molecule has 0 spiro atoms.